The second kappa shape index (κ2) is 5.30. The summed E-state index contributed by atoms with van der Waals surface area (Å²) in [6.07, 6.45) is 2.80. The summed E-state index contributed by atoms with van der Waals surface area (Å²) in [7, 11) is 0. The fourth-order valence-corrected chi connectivity index (χ4v) is 3.11. The normalized spacial score (nSPS) is 22.3. The van der Waals surface area contributed by atoms with E-state index in [1.165, 1.54) is 0 Å². The topological polar surface area (TPSA) is 78.8 Å². The molecule has 3 rings (SSSR count). The standard InChI is InChI=1S/C16H19N5/c1-10-5-13(18)9-21(8-10)14-4-3-12(6-17)15-16(14)19-7-11(2)20-15/h3-4,7,10,13H,5,8-9,18H2,1-2H3/t10-,13+/m0/s1. The number of nitrogens with zero attached hydrogens (tertiary/aromatic N) is 4. The van der Waals surface area contributed by atoms with E-state index in [1.54, 1.807) is 6.20 Å². The fraction of sp³-hybridized carbons (Fsp3) is 0.438. The number of aryl methyl sites for hydroxylation is 1. The zero-order valence-electron chi connectivity index (χ0n) is 12.4. The van der Waals surface area contributed by atoms with E-state index in [1.807, 2.05) is 19.1 Å². The van der Waals surface area contributed by atoms with Crippen molar-refractivity contribution in [2.24, 2.45) is 11.7 Å². The molecule has 0 spiro atoms. The van der Waals surface area contributed by atoms with E-state index in [9.17, 15) is 5.26 Å². The molecule has 5 nitrogen and oxygen atoms in total. The molecule has 0 bridgehead atoms. The summed E-state index contributed by atoms with van der Waals surface area (Å²) in [5.41, 5.74) is 10.0. The van der Waals surface area contributed by atoms with Crippen LogP contribution in [0.4, 0.5) is 5.69 Å². The maximum atomic E-state index is 9.26. The highest BCUT2D eigenvalue weighted by Gasteiger charge is 2.24. The van der Waals surface area contributed by atoms with Gasteiger partial charge in [0, 0.05) is 25.3 Å². The van der Waals surface area contributed by atoms with Crippen LogP contribution in [0.15, 0.2) is 18.3 Å². The number of nitriles is 1. The summed E-state index contributed by atoms with van der Waals surface area (Å²) >= 11 is 0. The summed E-state index contributed by atoms with van der Waals surface area (Å²) in [6.45, 7) is 5.89. The number of piperidine rings is 1. The Labute approximate surface area is 124 Å². The third-order valence-electron chi connectivity index (χ3n) is 3.95. The molecule has 108 valence electrons. The van der Waals surface area contributed by atoms with Crippen LogP contribution in [0.2, 0.25) is 0 Å². The minimum Gasteiger partial charge on any atom is -0.368 e. The van der Waals surface area contributed by atoms with Crippen molar-refractivity contribution in [3.8, 4) is 6.07 Å². The molecule has 2 aromatic rings. The number of fused-ring (bicyclic) bond motifs is 1. The van der Waals surface area contributed by atoms with Gasteiger partial charge in [-0.05, 0) is 31.4 Å². The Morgan fingerprint density at radius 2 is 2.14 bits per heavy atom. The van der Waals surface area contributed by atoms with Crippen molar-refractivity contribution < 1.29 is 0 Å². The number of aromatic nitrogens is 2. The van der Waals surface area contributed by atoms with Crippen LogP contribution in [0.25, 0.3) is 11.0 Å². The van der Waals surface area contributed by atoms with E-state index in [0.717, 1.165) is 36.4 Å². The Morgan fingerprint density at radius 3 is 2.86 bits per heavy atom. The molecule has 1 aliphatic rings. The molecule has 0 unspecified atom stereocenters. The molecule has 1 aliphatic heterocycles. The van der Waals surface area contributed by atoms with Crippen molar-refractivity contribution in [1.29, 1.82) is 5.26 Å². The average Bonchev–Trinajstić information content (AvgIpc) is 2.44. The van der Waals surface area contributed by atoms with Crippen molar-refractivity contribution in [1.82, 2.24) is 9.97 Å². The first-order valence-corrected chi connectivity index (χ1v) is 7.25. The van der Waals surface area contributed by atoms with Crippen LogP contribution in [0.3, 0.4) is 0 Å². The van der Waals surface area contributed by atoms with Gasteiger partial charge in [0.15, 0.2) is 0 Å². The Kier molecular flexibility index (Phi) is 3.48. The van der Waals surface area contributed by atoms with Crippen LogP contribution in [0.1, 0.15) is 24.6 Å². The van der Waals surface area contributed by atoms with Crippen LogP contribution in [0, 0.1) is 24.2 Å². The van der Waals surface area contributed by atoms with Gasteiger partial charge >= 0.3 is 0 Å². The Bertz CT molecular complexity index is 708. The summed E-state index contributed by atoms with van der Waals surface area (Å²) in [6, 6.07) is 6.18. The Hall–Kier alpha value is -2.19. The SMILES string of the molecule is Cc1cnc2c(N3C[C@@H](C)C[C@@H](N)C3)ccc(C#N)c2n1. The number of rotatable bonds is 1. The second-order valence-corrected chi connectivity index (χ2v) is 5.96. The van der Waals surface area contributed by atoms with Crippen molar-refractivity contribution in [3.05, 3.63) is 29.6 Å². The highest BCUT2D eigenvalue weighted by molar-refractivity contribution is 5.92. The first-order valence-electron chi connectivity index (χ1n) is 7.25. The molecular weight excluding hydrogens is 262 g/mol. The average molecular weight is 281 g/mol. The third-order valence-corrected chi connectivity index (χ3v) is 3.95. The highest BCUT2D eigenvalue weighted by atomic mass is 15.2. The Morgan fingerprint density at radius 1 is 1.33 bits per heavy atom. The van der Waals surface area contributed by atoms with Crippen molar-refractivity contribution in [2.75, 3.05) is 18.0 Å². The number of hydrogen-bond donors (Lipinski definition) is 1. The maximum Gasteiger partial charge on any atom is 0.113 e. The van der Waals surface area contributed by atoms with E-state index in [2.05, 4.69) is 27.9 Å². The van der Waals surface area contributed by atoms with Gasteiger partial charge in [0.05, 0.1) is 16.9 Å². The van der Waals surface area contributed by atoms with Gasteiger partial charge in [-0.15, -0.1) is 0 Å². The second-order valence-electron chi connectivity index (χ2n) is 5.96. The Balaban J connectivity index is 2.13. The van der Waals surface area contributed by atoms with Gasteiger partial charge in [-0.2, -0.15) is 5.26 Å². The monoisotopic (exact) mass is 281 g/mol. The zero-order chi connectivity index (χ0) is 15.0. The van der Waals surface area contributed by atoms with Gasteiger partial charge < -0.3 is 10.6 Å². The number of anilines is 1. The number of nitrogens with two attached hydrogens (primary N) is 1. The van der Waals surface area contributed by atoms with Crippen LogP contribution in [-0.4, -0.2) is 29.1 Å². The minimum atomic E-state index is 0.179. The van der Waals surface area contributed by atoms with E-state index in [-0.39, 0.29) is 6.04 Å². The lowest BCUT2D eigenvalue weighted by Crippen LogP contribution is -2.46. The van der Waals surface area contributed by atoms with Crippen LogP contribution in [0.5, 0.6) is 0 Å². The first-order chi connectivity index (χ1) is 10.1. The number of benzene rings is 1. The summed E-state index contributed by atoms with van der Waals surface area (Å²) in [5, 5.41) is 9.26. The molecule has 0 amide bonds. The van der Waals surface area contributed by atoms with E-state index in [0.29, 0.717) is 17.0 Å². The van der Waals surface area contributed by atoms with Gasteiger partial charge in [0.1, 0.15) is 17.1 Å². The molecule has 1 aromatic heterocycles. The fourth-order valence-electron chi connectivity index (χ4n) is 3.11. The summed E-state index contributed by atoms with van der Waals surface area (Å²) in [5.74, 6) is 0.554. The van der Waals surface area contributed by atoms with Crippen LogP contribution < -0.4 is 10.6 Å². The molecule has 0 radical (unpaired) electrons. The lowest BCUT2D eigenvalue weighted by molar-refractivity contribution is 0.402. The lowest BCUT2D eigenvalue weighted by Gasteiger charge is -2.36. The van der Waals surface area contributed by atoms with Gasteiger partial charge in [0.2, 0.25) is 0 Å². The van der Waals surface area contributed by atoms with Gasteiger partial charge in [-0.3, -0.25) is 4.98 Å². The maximum absolute atomic E-state index is 9.26. The molecular formula is C16H19N5. The minimum absolute atomic E-state index is 0.179. The molecule has 2 heterocycles. The summed E-state index contributed by atoms with van der Waals surface area (Å²) in [4.78, 5) is 11.3. The zero-order valence-corrected chi connectivity index (χ0v) is 12.4. The quantitative estimate of drug-likeness (QED) is 0.864. The molecule has 0 aliphatic carbocycles. The molecule has 21 heavy (non-hydrogen) atoms. The largest absolute Gasteiger partial charge is 0.368 e. The van der Waals surface area contributed by atoms with Gasteiger partial charge in [-0.25, -0.2) is 4.98 Å². The van der Waals surface area contributed by atoms with Crippen LogP contribution >= 0.6 is 0 Å². The van der Waals surface area contributed by atoms with Gasteiger partial charge in [-0.1, -0.05) is 6.92 Å². The van der Waals surface area contributed by atoms with E-state index in [4.69, 9.17) is 5.73 Å². The molecule has 1 aromatic carbocycles. The smallest absolute Gasteiger partial charge is 0.113 e. The molecule has 1 fully saturated rings. The highest BCUT2D eigenvalue weighted by Crippen LogP contribution is 2.29. The van der Waals surface area contributed by atoms with Crippen molar-refractivity contribution in [3.63, 3.8) is 0 Å². The first kappa shape index (κ1) is 13.8. The molecule has 2 atom stereocenters. The van der Waals surface area contributed by atoms with E-state index < -0.39 is 0 Å². The predicted octanol–water partition coefficient (Wildman–Crippen LogP) is 1.98. The molecule has 5 heteroatoms. The number of hydrogen-bond acceptors (Lipinski definition) is 5. The van der Waals surface area contributed by atoms with Gasteiger partial charge in [0.25, 0.3) is 0 Å². The van der Waals surface area contributed by atoms with Crippen molar-refractivity contribution >= 4 is 16.7 Å². The lowest BCUT2D eigenvalue weighted by atomic mass is 9.96. The molecule has 0 saturated carbocycles. The predicted molar refractivity (Wildman–Crippen MR) is 83.0 cm³/mol. The van der Waals surface area contributed by atoms with Crippen LogP contribution in [-0.2, 0) is 0 Å². The van der Waals surface area contributed by atoms with E-state index >= 15 is 0 Å². The van der Waals surface area contributed by atoms with Crippen molar-refractivity contribution in [2.45, 2.75) is 26.3 Å². The third kappa shape index (κ3) is 2.55. The summed E-state index contributed by atoms with van der Waals surface area (Å²) < 4.78 is 0. The molecule has 2 N–H and O–H groups in total. The molecule has 1 saturated heterocycles.